The summed E-state index contributed by atoms with van der Waals surface area (Å²) < 4.78 is 26.3. The van der Waals surface area contributed by atoms with Crippen LogP contribution in [0.5, 0.6) is 0 Å². The maximum Gasteiger partial charge on any atom is 0.146 e. The molecule has 0 amide bonds. The van der Waals surface area contributed by atoms with E-state index >= 15 is 0 Å². The highest BCUT2D eigenvalue weighted by Crippen LogP contribution is 2.47. The normalized spacial score (nSPS) is 19.5. The molecule has 0 bridgehead atoms. The summed E-state index contributed by atoms with van der Waals surface area (Å²) in [5, 5.41) is 0.728. The van der Waals surface area contributed by atoms with Gasteiger partial charge in [-0.3, -0.25) is 0 Å². The van der Waals surface area contributed by atoms with Crippen LogP contribution >= 0.6 is 11.6 Å². The zero-order valence-electron chi connectivity index (χ0n) is 14.9. The van der Waals surface area contributed by atoms with Gasteiger partial charge in [-0.1, -0.05) is 30.2 Å². The van der Waals surface area contributed by atoms with E-state index in [2.05, 4.69) is 16.9 Å². The minimum absolute atomic E-state index is 0.0392. The first-order chi connectivity index (χ1) is 11.3. The lowest BCUT2D eigenvalue weighted by molar-refractivity contribution is -0.0482. The number of nitrogens with one attached hydrogen (secondary N) is 1. The van der Waals surface area contributed by atoms with Crippen LogP contribution in [0.15, 0.2) is 24.3 Å². The van der Waals surface area contributed by atoms with Crippen molar-refractivity contribution in [3.05, 3.63) is 34.9 Å². The Balaban J connectivity index is 2.25. The number of hydrogen-bond donors (Lipinski definition) is 1. The molecule has 0 unspecified atom stereocenters. The lowest BCUT2D eigenvalue weighted by Crippen LogP contribution is -2.57. The molecular weight excluding hydrogens is 346 g/mol. The third-order valence-electron chi connectivity index (χ3n) is 4.62. The molecule has 24 heavy (non-hydrogen) atoms. The molecule has 1 aliphatic rings. The molecule has 0 heterocycles. The summed E-state index contributed by atoms with van der Waals surface area (Å²) in [6.45, 7) is 6.60. The Labute approximate surface area is 152 Å². The van der Waals surface area contributed by atoms with Crippen LogP contribution in [0, 0.1) is 0 Å². The average molecular weight is 374 g/mol. The summed E-state index contributed by atoms with van der Waals surface area (Å²) in [6, 6.07) is 7.96. The van der Waals surface area contributed by atoms with E-state index in [1.807, 2.05) is 32.9 Å². The Morgan fingerprint density at radius 2 is 1.92 bits per heavy atom. The maximum atomic E-state index is 12.7. The molecule has 1 N–H and O–H groups in total. The van der Waals surface area contributed by atoms with Gasteiger partial charge in [0.2, 0.25) is 0 Å². The first-order valence-corrected chi connectivity index (χ1v) is 9.83. The summed E-state index contributed by atoms with van der Waals surface area (Å²) in [7, 11) is 0.443. The molecule has 1 aromatic rings. The molecule has 1 fully saturated rings. The van der Waals surface area contributed by atoms with Crippen LogP contribution in [0.4, 0.5) is 0 Å². The van der Waals surface area contributed by atoms with E-state index < -0.39 is 11.0 Å². The van der Waals surface area contributed by atoms with Crippen molar-refractivity contribution < 1.29 is 13.7 Å². The summed E-state index contributed by atoms with van der Waals surface area (Å²) in [4.78, 5) is 0. The summed E-state index contributed by atoms with van der Waals surface area (Å²) in [6.07, 6.45) is 3.25. The highest BCUT2D eigenvalue weighted by molar-refractivity contribution is 7.84. The molecule has 0 aliphatic heterocycles. The monoisotopic (exact) mass is 373 g/mol. The number of rotatable bonds is 8. The van der Waals surface area contributed by atoms with E-state index in [9.17, 15) is 4.21 Å². The summed E-state index contributed by atoms with van der Waals surface area (Å²) in [5.74, 6) is 0. The molecule has 0 saturated heterocycles. The topological polar surface area (TPSA) is 47.6 Å². The Morgan fingerprint density at radius 1 is 1.29 bits per heavy atom. The maximum absolute atomic E-state index is 12.7. The van der Waals surface area contributed by atoms with Crippen molar-refractivity contribution in [1.29, 1.82) is 0 Å². The third-order valence-corrected chi connectivity index (χ3v) is 6.49. The van der Waals surface area contributed by atoms with Gasteiger partial charge in [-0.15, -0.1) is 0 Å². The van der Waals surface area contributed by atoms with Crippen LogP contribution in [0.25, 0.3) is 0 Å². The fourth-order valence-electron chi connectivity index (χ4n) is 3.04. The molecule has 0 aromatic heterocycles. The predicted octanol–water partition coefficient (Wildman–Crippen LogP) is 3.80. The van der Waals surface area contributed by atoms with Crippen molar-refractivity contribution in [2.75, 3.05) is 20.5 Å². The van der Waals surface area contributed by atoms with E-state index in [-0.39, 0.29) is 23.0 Å². The second-order valence-corrected chi connectivity index (χ2v) is 9.78. The van der Waals surface area contributed by atoms with E-state index in [0.717, 1.165) is 24.3 Å². The Bertz CT molecular complexity index is 552. The summed E-state index contributed by atoms with van der Waals surface area (Å²) >= 11 is 6.04. The molecular formula is C18H28ClNO3S. The largest absolute Gasteiger partial charge is 0.359 e. The Morgan fingerprint density at radius 3 is 2.38 bits per heavy atom. The van der Waals surface area contributed by atoms with Crippen molar-refractivity contribution in [1.82, 2.24) is 4.72 Å². The van der Waals surface area contributed by atoms with Crippen LogP contribution in [-0.4, -0.2) is 35.5 Å². The molecule has 1 aliphatic carbocycles. The van der Waals surface area contributed by atoms with Crippen LogP contribution in [0.1, 0.15) is 45.6 Å². The van der Waals surface area contributed by atoms with Gasteiger partial charge >= 0.3 is 0 Å². The zero-order valence-corrected chi connectivity index (χ0v) is 16.5. The highest BCUT2D eigenvalue weighted by Gasteiger charge is 2.46. The fourth-order valence-corrected chi connectivity index (χ4v) is 4.07. The molecule has 6 heteroatoms. The van der Waals surface area contributed by atoms with E-state index in [4.69, 9.17) is 21.1 Å². The molecule has 1 aromatic carbocycles. The lowest BCUT2D eigenvalue weighted by Gasteiger charge is -2.48. The Hall–Kier alpha value is -0.460. The standard InChI is InChI=1S/C18H28ClNO3S/c1-17(2,3)24(21)20-16(12-23-13-22-4)18(10-5-11-18)14-6-8-15(19)9-7-14/h6-9,16,20H,5,10-13H2,1-4H3/t16-,24-/m0/s1. The van der Waals surface area contributed by atoms with Gasteiger partial charge in [0.25, 0.3) is 0 Å². The van der Waals surface area contributed by atoms with Crippen molar-refractivity contribution in [2.45, 2.75) is 56.2 Å². The van der Waals surface area contributed by atoms with Crippen LogP contribution in [0.3, 0.4) is 0 Å². The average Bonchev–Trinajstić information content (AvgIpc) is 2.47. The lowest BCUT2D eigenvalue weighted by atomic mass is 9.60. The number of ether oxygens (including phenoxy) is 2. The molecule has 2 rings (SSSR count). The number of halogens is 1. The smallest absolute Gasteiger partial charge is 0.146 e. The van der Waals surface area contributed by atoms with Crippen LogP contribution in [-0.2, 0) is 25.9 Å². The molecule has 2 atom stereocenters. The molecule has 0 spiro atoms. The predicted molar refractivity (Wildman–Crippen MR) is 99.6 cm³/mol. The zero-order chi connectivity index (χ0) is 17.8. The molecule has 4 nitrogen and oxygen atoms in total. The van der Waals surface area contributed by atoms with Gasteiger partial charge in [0.05, 0.1) is 28.4 Å². The van der Waals surface area contributed by atoms with E-state index in [1.54, 1.807) is 7.11 Å². The number of benzene rings is 1. The van der Waals surface area contributed by atoms with Crippen LogP contribution in [0.2, 0.25) is 5.02 Å². The number of methoxy groups -OCH3 is 1. The van der Waals surface area contributed by atoms with Gasteiger partial charge < -0.3 is 9.47 Å². The van der Waals surface area contributed by atoms with Crippen molar-refractivity contribution >= 4 is 22.6 Å². The molecule has 0 radical (unpaired) electrons. The number of hydrogen-bond acceptors (Lipinski definition) is 3. The van der Waals surface area contributed by atoms with Crippen LogP contribution < -0.4 is 4.72 Å². The van der Waals surface area contributed by atoms with Gasteiger partial charge in [0.15, 0.2) is 0 Å². The highest BCUT2D eigenvalue weighted by atomic mass is 35.5. The minimum atomic E-state index is -1.16. The van der Waals surface area contributed by atoms with Gasteiger partial charge in [-0.05, 0) is 51.3 Å². The second kappa shape index (κ2) is 8.28. The van der Waals surface area contributed by atoms with Gasteiger partial charge in [0.1, 0.15) is 6.79 Å². The Kier molecular flexibility index (Phi) is 6.85. The third kappa shape index (κ3) is 4.58. The van der Waals surface area contributed by atoms with Crippen molar-refractivity contribution in [3.63, 3.8) is 0 Å². The first-order valence-electron chi connectivity index (χ1n) is 8.30. The molecule has 136 valence electrons. The molecule has 1 saturated carbocycles. The second-order valence-electron chi connectivity index (χ2n) is 7.35. The van der Waals surface area contributed by atoms with E-state index in [0.29, 0.717) is 6.61 Å². The quantitative estimate of drug-likeness (QED) is 0.557. The van der Waals surface area contributed by atoms with Gasteiger partial charge in [-0.25, -0.2) is 8.93 Å². The fraction of sp³-hybridized carbons (Fsp3) is 0.667. The minimum Gasteiger partial charge on any atom is -0.359 e. The van der Waals surface area contributed by atoms with Crippen molar-refractivity contribution in [3.8, 4) is 0 Å². The van der Waals surface area contributed by atoms with Crippen molar-refractivity contribution in [2.24, 2.45) is 0 Å². The summed E-state index contributed by atoms with van der Waals surface area (Å²) in [5.41, 5.74) is 1.15. The van der Waals surface area contributed by atoms with Gasteiger partial charge in [0, 0.05) is 17.5 Å². The van der Waals surface area contributed by atoms with Gasteiger partial charge in [-0.2, -0.15) is 0 Å². The SMILES string of the molecule is COCOC[C@H](N[S@@](=O)C(C)(C)C)C1(c2ccc(Cl)cc2)CCC1. The van der Waals surface area contributed by atoms with E-state index in [1.165, 1.54) is 5.56 Å². The first kappa shape index (κ1) is 19.9.